The topological polar surface area (TPSA) is 49.9 Å². The quantitative estimate of drug-likeness (QED) is 0.232. The first-order chi connectivity index (χ1) is 18.3. The summed E-state index contributed by atoms with van der Waals surface area (Å²) in [4.78, 5) is 2.35. The molecule has 0 amide bonds. The highest BCUT2D eigenvalue weighted by Gasteiger charge is 2.35. The van der Waals surface area contributed by atoms with Crippen LogP contribution in [-0.2, 0) is 10.0 Å². The molecule has 4 rings (SSSR count). The van der Waals surface area contributed by atoms with Crippen molar-refractivity contribution >= 4 is 27.3 Å². The fourth-order valence-electron chi connectivity index (χ4n) is 4.89. The number of halogens is 3. The van der Waals surface area contributed by atoms with E-state index in [1.807, 2.05) is 6.07 Å². The lowest BCUT2D eigenvalue weighted by molar-refractivity contribution is 0.204. The molecular weight excluding hydrogens is 530 g/mol. The van der Waals surface area contributed by atoms with Gasteiger partial charge in [0.05, 0.1) is 23.2 Å². The molecule has 1 aliphatic rings. The van der Waals surface area contributed by atoms with Gasteiger partial charge in [0, 0.05) is 23.2 Å². The molecule has 0 aliphatic carbocycles. The fraction of sp³-hybridized carbons (Fsp3) is 0.379. The van der Waals surface area contributed by atoms with Crippen molar-refractivity contribution in [3.8, 4) is 5.75 Å². The summed E-state index contributed by atoms with van der Waals surface area (Å²) >= 11 is 5.98. The molecule has 5 nitrogen and oxygen atoms in total. The normalized spacial score (nSPS) is 15.3. The maximum Gasteiger partial charge on any atom is 0.264 e. The standard InChI is InChI=1S/C29H33ClF2N2O3S/c1-2-27(25-9-4-5-10-29(25)37-20-8-19-33-17-6-3-7-18-33)34(28-21-23(31)13-16-26(28)32)38(35,36)24-14-11-22(30)12-15-24/h4-5,9-16,21,27H,2-3,6-8,17-20H2,1H3. The molecule has 0 radical (unpaired) electrons. The molecule has 0 bridgehead atoms. The van der Waals surface area contributed by atoms with Gasteiger partial charge in [-0.25, -0.2) is 17.2 Å². The van der Waals surface area contributed by atoms with Crippen LogP contribution in [0.3, 0.4) is 0 Å². The van der Waals surface area contributed by atoms with Crippen LogP contribution in [0.15, 0.2) is 71.6 Å². The summed E-state index contributed by atoms with van der Waals surface area (Å²) < 4.78 is 64.5. The third-order valence-electron chi connectivity index (χ3n) is 6.79. The Balaban J connectivity index is 1.68. The van der Waals surface area contributed by atoms with E-state index in [1.165, 1.54) is 43.5 Å². The third-order valence-corrected chi connectivity index (χ3v) is 8.88. The summed E-state index contributed by atoms with van der Waals surface area (Å²) in [6.45, 7) is 5.41. The first-order valence-corrected chi connectivity index (χ1v) is 14.8. The zero-order valence-electron chi connectivity index (χ0n) is 21.5. The summed E-state index contributed by atoms with van der Waals surface area (Å²) in [6.07, 6.45) is 4.83. The van der Waals surface area contributed by atoms with Crippen LogP contribution in [0.2, 0.25) is 5.02 Å². The smallest absolute Gasteiger partial charge is 0.264 e. The molecule has 1 saturated heterocycles. The molecule has 9 heteroatoms. The van der Waals surface area contributed by atoms with Crippen LogP contribution in [0.1, 0.15) is 50.6 Å². The van der Waals surface area contributed by atoms with E-state index in [-0.39, 0.29) is 17.0 Å². The Bertz CT molecular complexity index is 1320. The Morgan fingerprint density at radius 3 is 2.42 bits per heavy atom. The highest BCUT2D eigenvalue weighted by atomic mass is 35.5. The van der Waals surface area contributed by atoms with E-state index >= 15 is 4.39 Å². The van der Waals surface area contributed by atoms with Gasteiger partial charge < -0.3 is 9.64 Å². The van der Waals surface area contributed by atoms with Gasteiger partial charge in [-0.1, -0.05) is 43.1 Å². The molecule has 0 N–H and O–H groups in total. The van der Waals surface area contributed by atoms with Crippen LogP contribution in [0.5, 0.6) is 5.75 Å². The molecule has 3 aromatic rings. The van der Waals surface area contributed by atoms with Crippen LogP contribution in [-0.4, -0.2) is 39.6 Å². The van der Waals surface area contributed by atoms with Crippen LogP contribution in [0.25, 0.3) is 0 Å². The van der Waals surface area contributed by atoms with Gasteiger partial charge in [0.25, 0.3) is 10.0 Å². The number of hydrogen-bond acceptors (Lipinski definition) is 4. The molecule has 0 spiro atoms. The second-order valence-electron chi connectivity index (χ2n) is 9.42. The number of para-hydroxylation sites is 1. The lowest BCUT2D eigenvalue weighted by atomic mass is 10.0. The number of piperidine rings is 1. The number of ether oxygens (including phenoxy) is 1. The molecule has 3 aromatic carbocycles. The maximum absolute atomic E-state index is 15.1. The number of sulfonamides is 1. The van der Waals surface area contributed by atoms with E-state index in [4.69, 9.17) is 16.3 Å². The first kappa shape index (κ1) is 28.3. The molecule has 38 heavy (non-hydrogen) atoms. The van der Waals surface area contributed by atoms with Gasteiger partial charge in [-0.3, -0.25) is 4.31 Å². The van der Waals surface area contributed by atoms with Crippen LogP contribution in [0, 0.1) is 11.6 Å². The molecule has 0 saturated carbocycles. The largest absolute Gasteiger partial charge is 0.493 e. The number of anilines is 1. The Labute approximate surface area is 229 Å². The monoisotopic (exact) mass is 562 g/mol. The fourth-order valence-corrected chi connectivity index (χ4v) is 6.72. The molecular formula is C29H33ClF2N2O3S. The number of nitrogens with zero attached hydrogens (tertiary/aromatic N) is 2. The first-order valence-electron chi connectivity index (χ1n) is 13.0. The van der Waals surface area contributed by atoms with E-state index in [0.717, 1.165) is 48.6 Å². The Hall–Kier alpha value is -2.68. The number of rotatable bonds is 11. The molecule has 1 aliphatic heterocycles. The molecule has 1 atom stereocenters. The average molecular weight is 563 g/mol. The third kappa shape index (κ3) is 6.65. The van der Waals surface area contributed by atoms with E-state index in [0.29, 0.717) is 22.9 Å². The van der Waals surface area contributed by atoms with Crippen LogP contribution >= 0.6 is 11.6 Å². The maximum atomic E-state index is 15.1. The molecule has 0 aromatic heterocycles. The minimum Gasteiger partial charge on any atom is -0.493 e. The summed E-state index contributed by atoms with van der Waals surface area (Å²) in [5.74, 6) is -1.07. The van der Waals surface area contributed by atoms with Crippen molar-refractivity contribution < 1.29 is 21.9 Å². The van der Waals surface area contributed by atoms with Gasteiger partial charge in [-0.2, -0.15) is 0 Å². The summed E-state index contributed by atoms with van der Waals surface area (Å²) in [5.41, 5.74) is 0.209. The summed E-state index contributed by atoms with van der Waals surface area (Å²) in [5, 5.41) is 0.364. The summed E-state index contributed by atoms with van der Waals surface area (Å²) in [6, 6.07) is 14.7. The van der Waals surface area contributed by atoms with Crippen LogP contribution in [0.4, 0.5) is 14.5 Å². The highest BCUT2D eigenvalue weighted by Crippen LogP contribution is 2.40. The van der Waals surface area contributed by atoms with Gasteiger partial charge in [0.2, 0.25) is 0 Å². The van der Waals surface area contributed by atoms with Gasteiger partial charge >= 0.3 is 0 Å². The van der Waals surface area contributed by atoms with Crippen molar-refractivity contribution in [1.82, 2.24) is 4.90 Å². The second-order valence-corrected chi connectivity index (χ2v) is 11.7. The second kappa shape index (κ2) is 12.9. The number of hydrogen-bond donors (Lipinski definition) is 0. The highest BCUT2D eigenvalue weighted by molar-refractivity contribution is 7.92. The molecule has 1 heterocycles. The van der Waals surface area contributed by atoms with Crippen molar-refractivity contribution in [2.75, 3.05) is 30.5 Å². The molecule has 204 valence electrons. The van der Waals surface area contributed by atoms with Crippen LogP contribution < -0.4 is 9.04 Å². The van der Waals surface area contributed by atoms with Crippen molar-refractivity contribution in [3.63, 3.8) is 0 Å². The summed E-state index contributed by atoms with van der Waals surface area (Å²) in [7, 11) is -4.32. The van der Waals surface area contributed by atoms with E-state index in [9.17, 15) is 12.8 Å². The predicted molar refractivity (Wildman–Crippen MR) is 147 cm³/mol. The SMILES string of the molecule is CCC(c1ccccc1OCCCN1CCCCC1)N(c1cc(F)ccc1F)S(=O)(=O)c1ccc(Cl)cc1. The van der Waals surface area contributed by atoms with E-state index < -0.39 is 27.7 Å². The van der Waals surface area contributed by atoms with Crippen molar-refractivity contribution in [1.29, 1.82) is 0 Å². The predicted octanol–water partition coefficient (Wildman–Crippen LogP) is 7.22. The van der Waals surface area contributed by atoms with Gasteiger partial charge in [0.15, 0.2) is 0 Å². The van der Waals surface area contributed by atoms with Crippen molar-refractivity contribution in [2.24, 2.45) is 0 Å². The average Bonchev–Trinajstić information content (AvgIpc) is 2.92. The number of benzene rings is 3. The lowest BCUT2D eigenvalue weighted by Crippen LogP contribution is -2.36. The van der Waals surface area contributed by atoms with Gasteiger partial charge in [-0.15, -0.1) is 0 Å². The minimum atomic E-state index is -4.32. The number of likely N-dealkylation sites (tertiary alicyclic amines) is 1. The Morgan fingerprint density at radius 1 is 1.00 bits per heavy atom. The molecule has 1 fully saturated rings. The van der Waals surface area contributed by atoms with Crippen molar-refractivity contribution in [2.45, 2.75) is 50.0 Å². The van der Waals surface area contributed by atoms with Crippen molar-refractivity contribution in [3.05, 3.63) is 89.0 Å². The molecule has 1 unspecified atom stereocenters. The minimum absolute atomic E-state index is 0.0797. The van der Waals surface area contributed by atoms with E-state index in [1.54, 1.807) is 25.1 Å². The zero-order chi connectivity index (χ0) is 27.1. The van der Waals surface area contributed by atoms with Gasteiger partial charge in [-0.05, 0) is 81.2 Å². The van der Waals surface area contributed by atoms with Gasteiger partial charge in [0.1, 0.15) is 17.4 Å². The zero-order valence-corrected chi connectivity index (χ0v) is 23.0. The Kier molecular flexibility index (Phi) is 9.63. The van der Waals surface area contributed by atoms with E-state index in [2.05, 4.69) is 4.90 Å². The Morgan fingerprint density at radius 2 is 1.71 bits per heavy atom. The lowest BCUT2D eigenvalue weighted by Gasteiger charge is -2.33.